The number of carbonyl (C=O) groups excluding carboxylic acids is 1. The summed E-state index contributed by atoms with van der Waals surface area (Å²) in [6.07, 6.45) is 10.7. The maximum atomic E-state index is 12.0. The molecule has 1 aliphatic heterocycles. The van der Waals surface area contributed by atoms with Crippen LogP contribution in [-0.2, 0) is 11.2 Å². The van der Waals surface area contributed by atoms with Crippen LogP contribution in [0, 0.1) is 0 Å². The molecule has 1 atom stereocenters. The lowest BCUT2D eigenvalue weighted by Gasteiger charge is -2.12. The second kappa shape index (κ2) is 7.78. The van der Waals surface area contributed by atoms with Gasteiger partial charge in [-0.3, -0.25) is 9.78 Å². The zero-order chi connectivity index (χ0) is 18.5. The van der Waals surface area contributed by atoms with Crippen molar-refractivity contribution < 1.29 is 9.53 Å². The van der Waals surface area contributed by atoms with Crippen molar-refractivity contribution >= 4 is 12.0 Å². The molecule has 27 heavy (non-hydrogen) atoms. The SMILES string of the molecule is O=C(/C=C/c1cccnc1)NCC1Cc2cccc(-c3ncccn3)c2O1. The molecule has 1 N–H and O–H groups in total. The Bertz CT molecular complexity index is 958. The van der Waals surface area contributed by atoms with E-state index in [1.54, 1.807) is 36.9 Å². The standard InChI is InChI=1S/C21H18N4O2/c26-19(8-7-15-4-2-9-22-13-15)25-14-17-12-16-5-1-6-18(20(16)27-17)21-23-10-3-11-24-21/h1-11,13,17H,12,14H2,(H,25,26)/b8-7+. The number of aromatic nitrogens is 3. The average molecular weight is 358 g/mol. The van der Waals surface area contributed by atoms with Crippen molar-refractivity contribution in [3.8, 4) is 17.1 Å². The number of benzene rings is 1. The van der Waals surface area contributed by atoms with E-state index in [9.17, 15) is 4.79 Å². The van der Waals surface area contributed by atoms with Crippen LogP contribution in [0.1, 0.15) is 11.1 Å². The number of carbonyl (C=O) groups is 1. The third-order valence-corrected chi connectivity index (χ3v) is 4.25. The van der Waals surface area contributed by atoms with Gasteiger partial charge in [0, 0.05) is 37.3 Å². The van der Waals surface area contributed by atoms with Crippen LogP contribution in [0.2, 0.25) is 0 Å². The molecule has 1 unspecified atom stereocenters. The van der Waals surface area contributed by atoms with E-state index in [0.29, 0.717) is 12.4 Å². The first-order chi connectivity index (χ1) is 13.3. The first-order valence-corrected chi connectivity index (χ1v) is 8.71. The van der Waals surface area contributed by atoms with Crippen molar-refractivity contribution in [2.24, 2.45) is 0 Å². The van der Waals surface area contributed by atoms with E-state index < -0.39 is 0 Å². The van der Waals surface area contributed by atoms with E-state index in [1.165, 1.54) is 6.08 Å². The number of ether oxygens (including phenoxy) is 1. The van der Waals surface area contributed by atoms with Crippen LogP contribution in [0.15, 0.2) is 67.3 Å². The molecule has 2 aromatic heterocycles. The van der Waals surface area contributed by atoms with Crippen molar-refractivity contribution in [3.63, 3.8) is 0 Å². The van der Waals surface area contributed by atoms with Gasteiger partial charge in [0.1, 0.15) is 11.9 Å². The number of para-hydroxylation sites is 1. The topological polar surface area (TPSA) is 77.0 Å². The Balaban J connectivity index is 1.38. The zero-order valence-corrected chi connectivity index (χ0v) is 14.6. The lowest BCUT2D eigenvalue weighted by molar-refractivity contribution is -0.116. The third kappa shape index (κ3) is 4.00. The minimum atomic E-state index is -0.162. The Morgan fingerprint density at radius 3 is 2.85 bits per heavy atom. The van der Waals surface area contributed by atoms with Gasteiger partial charge in [0.2, 0.25) is 5.91 Å². The lowest BCUT2D eigenvalue weighted by Crippen LogP contribution is -2.33. The van der Waals surface area contributed by atoms with Crippen molar-refractivity contribution in [3.05, 3.63) is 78.4 Å². The zero-order valence-electron chi connectivity index (χ0n) is 14.6. The first-order valence-electron chi connectivity index (χ1n) is 8.71. The summed E-state index contributed by atoms with van der Waals surface area (Å²) in [7, 11) is 0. The van der Waals surface area contributed by atoms with Gasteiger partial charge in [-0.2, -0.15) is 0 Å². The Morgan fingerprint density at radius 2 is 2.04 bits per heavy atom. The van der Waals surface area contributed by atoms with Gasteiger partial charge in [-0.25, -0.2) is 9.97 Å². The number of fused-ring (bicyclic) bond motifs is 1. The molecule has 0 saturated carbocycles. The number of nitrogens with zero attached hydrogens (tertiary/aromatic N) is 3. The number of rotatable bonds is 5. The molecule has 4 rings (SSSR count). The van der Waals surface area contributed by atoms with Crippen molar-refractivity contribution in [2.75, 3.05) is 6.54 Å². The fourth-order valence-electron chi connectivity index (χ4n) is 2.99. The number of hydrogen-bond donors (Lipinski definition) is 1. The van der Waals surface area contributed by atoms with Crippen molar-refractivity contribution in [1.82, 2.24) is 20.3 Å². The van der Waals surface area contributed by atoms with Gasteiger partial charge in [0.05, 0.1) is 12.1 Å². The Morgan fingerprint density at radius 1 is 1.15 bits per heavy atom. The molecule has 0 saturated heterocycles. The molecule has 134 valence electrons. The molecule has 6 heteroatoms. The molecular formula is C21H18N4O2. The van der Waals surface area contributed by atoms with Gasteiger partial charge in [0.25, 0.3) is 0 Å². The Hall–Kier alpha value is -3.54. The summed E-state index contributed by atoms with van der Waals surface area (Å²) < 4.78 is 6.08. The van der Waals surface area contributed by atoms with Crippen LogP contribution in [0.4, 0.5) is 0 Å². The van der Waals surface area contributed by atoms with Crippen LogP contribution in [-0.4, -0.2) is 33.5 Å². The number of amides is 1. The summed E-state index contributed by atoms with van der Waals surface area (Å²) >= 11 is 0. The van der Waals surface area contributed by atoms with E-state index in [0.717, 1.165) is 28.9 Å². The van der Waals surface area contributed by atoms with E-state index >= 15 is 0 Å². The highest BCUT2D eigenvalue weighted by atomic mass is 16.5. The van der Waals surface area contributed by atoms with Crippen LogP contribution < -0.4 is 10.1 Å². The molecule has 3 heterocycles. The third-order valence-electron chi connectivity index (χ3n) is 4.25. The highest BCUT2D eigenvalue weighted by molar-refractivity contribution is 5.91. The molecule has 1 aliphatic rings. The van der Waals surface area contributed by atoms with E-state index in [1.807, 2.05) is 30.3 Å². The molecule has 0 spiro atoms. The summed E-state index contributed by atoms with van der Waals surface area (Å²) in [4.78, 5) is 24.7. The molecular weight excluding hydrogens is 340 g/mol. The number of nitrogens with one attached hydrogen (secondary N) is 1. The van der Waals surface area contributed by atoms with Gasteiger partial charge >= 0.3 is 0 Å². The van der Waals surface area contributed by atoms with Crippen LogP contribution >= 0.6 is 0 Å². The predicted octanol–water partition coefficient (Wildman–Crippen LogP) is 2.67. The van der Waals surface area contributed by atoms with Crippen molar-refractivity contribution in [1.29, 1.82) is 0 Å². The van der Waals surface area contributed by atoms with E-state index in [4.69, 9.17) is 4.74 Å². The molecule has 3 aromatic rings. The minimum Gasteiger partial charge on any atom is -0.487 e. The highest BCUT2D eigenvalue weighted by Crippen LogP contribution is 2.37. The number of hydrogen-bond acceptors (Lipinski definition) is 5. The van der Waals surface area contributed by atoms with Crippen LogP contribution in [0.5, 0.6) is 5.75 Å². The largest absolute Gasteiger partial charge is 0.487 e. The van der Waals surface area contributed by atoms with Crippen LogP contribution in [0.3, 0.4) is 0 Å². The fraction of sp³-hybridized carbons (Fsp3) is 0.143. The maximum absolute atomic E-state index is 12.0. The Labute approximate surface area is 157 Å². The fourth-order valence-corrected chi connectivity index (χ4v) is 2.99. The van der Waals surface area contributed by atoms with Gasteiger partial charge in [0.15, 0.2) is 5.82 Å². The molecule has 0 fully saturated rings. The van der Waals surface area contributed by atoms with E-state index in [-0.39, 0.29) is 12.0 Å². The van der Waals surface area contributed by atoms with E-state index in [2.05, 4.69) is 20.3 Å². The number of pyridine rings is 1. The van der Waals surface area contributed by atoms with Crippen LogP contribution in [0.25, 0.3) is 17.5 Å². The second-order valence-corrected chi connectivity index (χ2v) is 6.18. The summed E-state index contributed by atoms with van der Waals surface area (Å²) in [5, 5.41) is 2.89. The predicted molar refractivity (Wildman–Crippen MR) is 102 cm³/mol. The van der Waals surface area contributed by atoms with Gasteiger partial charge in [-0.1, -0.05) is 18.2 Å². The monoisotopic (exact) mass is 358 g/mol. The molecule has 1 aromatic carbocycles. The highest BCUT2D eigenvalue weighted by Gasteiger charge is 2.26. The quantitative estimate of drug-likeness (QED) is 0.710. The summed E-state index contributed by atoms with van der Waals surface area (Å²) in [5.74, 6) is 1.28. The molecule has 0 aliphatic carbocycles. The first kappa shape index (κ1) is 16.9. The second-order valence-electron chi connectivity index (χ2n) is 6.18. The molecule has 6 nitrogen and oxygen atoms in total. The molecule has 0 radical (unpaired) electrons. The van der Waals surface area contributed by atoms with Gasteiger partial charge < -0.3 is 10.1 Å². The maximum Gasteiger partial charge on any atom is 0.244 e. The molecule has 1 amide bonds. The van der Waals surface area contributed by atoms with Gasteiger partial charge in [-0.15, -0.1) is 0 Å². The summed E-state index contributed by atoms with van der Waals surface area (Å²) in [6, 6.07) is 11.5. The van der Waals surface area contributed by atoms with Gasteiger partial charge in [-0.05, 0) is 35.4 Å². The lowest BCUT2D eigenvalue weighted by atomic mass is 10.1. The smallest absolute Gasteiger partial charge is 0.244 e. The minimum absolute atomic E-state index is 0.111. The summed E-state index contributed by atoms with van der Waals surface area (Å²) in [6.45, 7) is 0.431. The average Bonchev–Trinajstić information content (AvgIpc) is 3.15. The van der Waals surface area contributed by atoms with Crippen molar-refractivity contribution in [2.45, 2.75) is 12.5 Å². The summed E-state index contributed by atoms with van der Waals surface area (Å²) in [5.41, 5.74) is 2.85. The molecule has 0 bridgehead atoms. The normalized spacial score (nSPS) is 15.3. The Kier molecular flexibility index (Phi) is 4.87.